The molecule has 0 fully saturated rings. The third-order valence-electron chi connectivity index (χ3n) is 4.87. The third kappa shape index (κ3) is 4.62. The van der Waals surface area contributed by atoms with Crippen LogP contribution in [0.1, 0.15) is 21.5 Å². The lowest BCUT2D eigenvalue weighted by Crippen LogP contribution is -2.13. The van der Waals surface area contributed by atoms with Crippen molar-refractivity contribution >= 4 is 23.6 Å². The second-order valence-electron chi connectivity index (χ2n) is 7.17. The number of amides is 2. The monoisotopic (exact) mass is 423 g/mol. The highest BCUT2D eigenvalue weighted by Crippen LogP contribution is 2.24. The summed E-state index contributed by atoms with van der Waals surface area (Å²) in [6.07, 6.45) is 8.47. The Kier molecular flexibility index (Phi) is 5.89. The molecule has 0 radical (unpaired) electrons. The van der Waals surface area contributed by atoms with Gasteiger partial charge in [0.25, 0.3) is 0 Å². The Bertz CT molecular complexity index is 1290. The molecule has 2 aromatic carbocycles. The van der Waals surface area contributed by atoms with E-state index in [1.54, 1.807) is 48.3 Å². The largest absolute Gasteiger partial charge is 0.366 e. The van der Waals surface area contributed by atoms with Crippen LogP contribution < -0.4 is 11.1 Å². The van der Waals surface area contributed by atoms with Crippen molar-refractivity contribution in [2.75, 3.05) is 5.32 Å². The average Bonchev–Trinajstić information content (AvgIpc) is 3.23. The number of rotatable bonds is 6. The number of nitrogens with two attached hydrogens (primary N) is 1. The van der Waals surface area contributed by atoms with Gasteiger partial charge in [-0.3, -0.25) is 14.6 Å². The number of hydrogen-bond acceptors (Lipinski definition) is 4. The fourth-order valence-corrected chi connectivity index (χ4v) is 3.32. The lowest BCUT2D eigenvalue weighted by Gasteiger charge is -2.06. The molecule has 0 spiro atoms. The maximum Gasteiger partial charge on any atom is 0.248 e. The van der Waals surface area contributed by atoms with E-state index >= 15 is 0 Å². The average molecular weight is 423 g/mol. The molecule has 0 aliphatic carbocycles. The van der Waals surface area contributed by atoms with Crippen LogP contribution in [0, 0.1) is 6.92 Å². The van der Waals surface area contributed by atoms with Crippen LogP contribution in [-0.4, -0.2) is 26.6 Å². The van der Waals surface area contributed by atoms with E-state index in [-0.39, 0.29) is 5.91 Å². The van der Waals surface area contributed by atoms with Crippen molar-refractivity contribution in [3.63, 3.8) is 0 Å². The van der Waals surface area contributed by atoms with Gasteiger partial charge < -0.3 is 11.1 Å². The molecular formula is C25H21N5O2. The first-order valence-corrected chi connectivity index (χ1v) is 9.96. The summed E-state index contributed by atoms with van der Waals surface area (Å²) in [5, 5.41) is 7.50. The van der Waals surface area contributed by atoms with Gasteiger partial charge in [-0.15, -0.1) is 0 Å². The number of aryl methyl sites for hydroxylation is 1. The molecule has 2 aromatic heterocycles. The van der Waals surface area contributed by atoms with Gasteiger partial charge in [0, 0.05) is 47.0 Å². The van der Waals surface area contributed by atoms with Crippen molar-refractivity contribution in [1.82, 2.24) is 14.8 Å². The predicted molar refractivity (Wildman–Crippen MR) is 124 cm³/mol. The van der Waals surface area contributed by atoms with Gasteiger partial charge >= 0.3 is 0 Å². The molecule has 3 N–H and O–H groups in total. The van der Waals surface area contributed by atoms with Crippen molar-refractivity contribution in [3.8, 4) is 16.9 Å². The summed E-state index contributed by atoms with van der Waals surface area (Å²) in [5.74, 6) is -0.806. The first kappa shape index (κ1) is 20.7. The summed E-state index contributed by atoms with van der Waals surface area (Å²) in [7, 11) is 0. The SMILES string of the molecule is Cc1cc(NC(=O)/C=C/c2cn(-c3ccccc3)nc2-c2cccnc2)ccc1C(N)=O. The molecular weight excluding hydrogens is 402 g/mol. The Morgan fingerprint density at radius 2 is 1.88 bits per heavy atom. The van der Waals surface area contributed by atoms with Gasteiger partial charge in [0.05, 0.1) is 5.69 Å². The maximum atomic E-state index is 12.5. The fourth-order valence-electron chi connectivity index (χ4n) is 3.32. The first-order chi connectivity index (χ1) is 15.5. The van der Waals surface area contributed by atoms with Crippen molar-refractivity contribution in [2.45, 2.75) is 6.92 Å². The van der Waals surface area contributed by atoms with Gasteiger partial charge in [0.1, 0.15) is 5.69 Å². The fraction of sp³-hybridized carbons (Fsp3) is 0.0400. The van der Waals surface area contributed by atoms with E-state index < -0.39 is 5.91 Å². The molecule has 0 atom stereocenters. The summed E-state index contributed by atoms with van der Waals surface area (Å²) in [5.41, 5.74) is 10.3. The smallest absolute Gasteiger partial charge is 0.248 e. The zero-order valence-corrected chi connectivity index (χ0v) is 17.4. The van der Waals surface area contributed by atoms with Gasteiger partial charge in [-0.25, -0.2) is 4.68 Å². The first-order valence-electron chi connectivity index (χ1n) is 9.96. The van der Waals surface area contributed by atoms with Crippen molar-refractivity contribution in [3.05, 3.63) is 102 Å². The zero-order valence-electron chi connectivity index (χ0n) is 17.4. The molecule has 0 aliphatic heterocycles. The van der Waals surface area contributed by atoms with Crippen LogP contribution in [0.3, 0.4) is 0 Å². The number of benzene rings is 2. The molecule has 0 aliphatic rings. The standard InChI is InChI=1S/C25H21N5O2/c1-17-14-20(10-11-22(17)25(26)32)28-23(31)12-9-19-16-30(21-7-3-2-4-8-21)29-24(19)18-6-5-13-27-15-18/h2-16H,1H3,(H2,26,32)(H,28,31)/b12-9+. The van der Waals surface area contributed by atoms with Crippen LogP contribution in [-0.2, 0) is 4.79 Å². The van der Waals surface area contributed by atoms with E-state index in [1.807, 2.05) is 48.7 Å². The summed E-state index contributed by atoms with van der Waals surface area (Å²) < 4.78 is 1.77. The number of nitrogens with zero attached hydrogens (tertiary/aromatic N) is 3. The molecule has 2 heterocycles. The molecule has 7 heteroatoms. The van der Waals surface area contributed by atoms with E-state index in [0.29, 0.717) is 22.5 Å². The van der Waals surface area contributed by atoms with Crippen LogP contribution in [0.15, 0.2) is 85.3 Å². The Hall–Kier alpha value is -4.52. The number of primary amides is 1. The van der Waals surface area contributed by atoms with Crippen LogP contribution in [0.5, 0.6) is 0 Å². The molecule has 7 nitrogen and oxygen atoms in total. The number of para-hydroxylation sites is 1. The van der Waals surface area contributed by atoms with Crippen LogP contribution in [0.4, 0.5) is 5.69 Å². The molecule has 0 unspecified atom stereocenters. The number of aromatic nitrogens is 3. The van der Waals surface area contributed by atoms with E-state index in [1.165, 1.54) is 6.08 Å². The maximum absolute atomic E-state index is 12.5. The topological polar surface area (TPSA) is 103 Å². The molecule has 32 heavy (non-hydrogen) atoms. The third-order valence-corrected chi connectivity index (χ3v) is 4.87. The molecule has 4 aromatic rings. The molecule has 4 rings (SSSR count). The zero-order chi connectivity index (χ0) is 22.5. The van der Waals surface area contributed by atoms with E-state index in [0.717, 1.165) is 16.8 Å². The Morgan fingerprint density at radius 3 is 2.56 bits per heavy atom. The summed E-state index contributed by atoms with van der Waals surface area (Å²) in [4.78, 5) is 28.1. The molecule has 158 valence electrons. The minimum Gasteiger partial charge on any atom is -0.366 e. The van der Waals surface area contributed by atoms with E-state index in [2.05, 4.69) is 10.3 Å². The lowest BCUT2D eigenvalue weighted by molar-refractivity contribution is -0.111. The molecule has 2 amide bonds. The Balaban J connectivity index is 1.60. The summed E-state index contributed by atoms with van der Waals surface area (Å²) in [6.45, 7) is 1.77. The quantitative estimate of drug-likeness (QED) is 0.458. The second-order valence-corrected chi connectivity index (χ2v) is 7.17. The Labute approximate surface area is 185 Å². The van der Waals surface area contributed by atoms with Crippen molar-refractivity contribution in [1.29, 1.82) is 0 Å². The minimum atomic E-state index is -0.501. The van der Waals surface area contributed by atoms with Crippen molar-refractivity contribution in [2.24, 2.45) is 5.73 Å². The highest BCUT2D eigenvalue weighted by molar-refractivity contribution is 6.03. The van der Waals surface area contributed by atoms with Crippen molar-refractivity contribution < 1.29 is 9.59 Å². The number of hydrogen-bond donors (Lipinski definition) is 2. The van der Waals surface area contributed by atoms with E-state index in [9.17, 15) is 9.59 Å². The van der Waals surface area contributed by atoms with E-state index in [4.69, 9.17) is 10.8 Å². The van der Waals surface area contributed by atoms with Crippen LogP contribution in [0.2, 0.25) is 0 Å². The summed E-state index contributed by atoms with van der Waals surface area (Å²) in [6, 6.07) is 18.5. The summed E-state index contributed by atoms with van der Waals surface area (Å²) >= 11 is 0. The van der Waals surface area contributed by atoms with Crippen LogP contribution in [0.25, 0.3) is 23.0 Å². The number of carbonyl (C=O) groups excluding carboxylic acids is 2. The lowest BCUT2D eigenvalue weighted by atomic mass is 10.1. The minimum absolute atomic E-state index is 0.305. The van der Waals surface area contributed by atoms with Crippen LogP contribution >= 0.6 is 0 Å². The number of nitrogens with one attached hydrogen (secondary N) is 1. The van der Waals surface area contributed by atoms with Gasteiger partial charge in [-0.05, 0) is 61.0 Å². The number of carbonyl (C=O) groups is 2. The molecule has 0 saturated heterocycles. The molecule has 0 bridgehead atoms. The Morgan fingerprint density at radius 1 is 1.06 bits per heavy atom. The van der Waals surface area contributed by atoms with Gasteiger partial charge in [-0.1, -0.05) is 18.2 Å². The second kappa shape index (κ2) is 9.09. The highest BCUT2D eigenvalue weighted by Gasteiger charge is 2.11. The normalized spacial score (nSPS) is 10.9. The van der Waals surface area contributed by atoms with Gasteiger partial charge in [-0.2, -0.15) is 5.10 Å². The number of pyridine rings is 1. The predicted octanol–water partition coefficient (Wildman–Crippen LogP) is 3.99. The molecule has 0 saturated carbocycles. The number of anilines is 1. The van der Waals surface area contributed by atoms with Gasteiger partial charge in [0.2, 0.25) is 11.8 Å². The van der Waals surface area contributed by atoms with Gasteiger partial charge in [0.15, 0.2) is 0 Å². The highest BCUT2D eigenvalue weighted by atomic mass is 16.1.